The topological polar surface area (TPSA) is 104 Å². The van der Waals surface area contributed by atoms with E-state index in [1.807, 2.05) is 48.5 Å². The first kappa shape index (κ1) is 30.6. The lowest BCUT2D eigenvalue weighted by atomic mass is 9.89. The average molecular weight is 630 g/mol. The number of carbonyl (C=O) groups is 1. The molecule has 1 aliphatic carbocycles. The summed E-state index contributed by atoms with van der Waals surface area (Å²) in [6.45, 7) is 0.891. The number of aromatic nitrogens is 3. The lowest BCUT2D eigenvalue weighted by Crippen LogP contribution is -2.59. The van der Waals surface area contributed by atoms with Crippen LogP contribution in [0.2, 0.25) is 0 Å². The number of esters is 1. The van der Waals surface area contributed by atoms with Crippen LogP contribution in [0, 0.1) is 5.82 Å². The van der Waals surface area contributed by atoms with Crippen molar-refractivity contribution in [2.24, 2.45) is 0 Å². The van der Waals surface area contributed by atoms with Gasteiger partial charge in [-0.15, -0.1) is 0 Å². The number of ether oxygens (including phenoxy) is 2. The van der Waals surface area contributed by atoms with Gasteiger partial charge in [0.2, 0.25) is 0 Å². The van der Waals surface area contributed by atoms with E-state index in [0.717, 1.165) is 27.9 Å². The molecule has 0 saturated heterocycles. The van der Waals surface area contributed by atoms with Crippen LogP contribution in [-0.4, -0.2) is 42.4 Å². The Morgan fingerprint density at radius 3 is 2.44 bits per heavy atom. The quantitative estimate of drug-likeness (QED) is 0.110. The standard InChI is InChI=1S/C34H33FN4O5S/c1-43-34(40)16-19-38-32-14-12-28(20-30(32)31-21-29(13-15-33(31)38)44-23-26-7-3-5-18-37-26)39(45(41)42,22-25-6-2-4-17-36-25)27-10-8-24(35)9-11-27/h2-11,13,15,17-18,21,28H,12,14,16,19-20,22-23H2,1H3/p+1. The van der Waals surface area contributed by atoms with E-state index < -0.39 is 17.1 Å². The summed E-state index contributed by atoms with van der Waals surface area (Å²) in [6, 6.07) is 22.5. The number of pyridine rings is 2. The molecule has 0 aliphatic heterocycles. The smallest absolute Gasteiger partial charge is 0.364 e. The first-order valence-corrected chi connectivity index (χ1v) is 15.8. The number of halogens is 1. The number of quaternary nitrogens is 1. The van der Waals surface area contributed by atoms with Crippen LogP contribution in [0.5, 0.6) is 5.75 Å². The number of rotatable bonds is 11. The Bertz CT molecular complexity index is 1820. The van der Waals surface area contributed by atoms with Crippen LogP contribution in [0.25, 0.3) is 10.9 Å². The Labute approximate surface area is 263 Å². The molecular formula is C34H34FN4O5S+. The molecule has 11 heteroatoms. The first-order valence-electron chi connectivity index (χ1n) is 14.8. The third-order valence-corrected chi connectivity index (χ3v) is 9.74. The van der Waals surface area contributed by atoms with Crippen LogP contribution in [0.1, 0.15) is 35.5 Å². The maximum Gasteiger partial charge on any atom is 0.364 e. The summed E-state index contributed by atoms with van der Waals surface area (Å²) in [6.07, 6.45) is 5.26. The zero-order valence-corrected chi connectivity index (χ0v) is 25.7. The lowest BCUT2D eigenvalue weighted by Gasteiger charge is -2.41. The molecule has 3 unspecified atom stereocenters. The van der Waals surface area contributed by atoms with Crippen molar-refractivity contribution in [3.63, 3.8) is 0 Å². The fourth-order valence-electron chi connectivity index (χ4n) is 6.39. The normalized spacial score (nSPS) is 16.5. The molecule has 3 atom stereocenters. The van der Waals surface area contributed by atoms with Crippen LogP contribution in [-0.2, 0) is 53.3 Å². The molecule has 0 amide bonds. The highest BCUT2D eigenvalue weighted by Crippen LogP contribution is 2.41. The number of aryl methyl sites for hydroxylation is 1. The molecule has 0 bridgehead atoms. The van der Waals surface area contributed by atoms with E-state index in [1.165, 1.54) is 19.2 Å². The Hall–Kier alpha value is -4.45. The van der Waals surface area contributed by atoms with Gasteiger partial charge in [0, 0.05) is 60.5 Å². The number of hydrogen-bond donors (Lipinski definition) is 1. The Kier molecular flexibility index (Phi) is 9.02. The Morgan fingerprint density at radius 1 is 1.04 bits per heavy atom. The molecule has 232 valence electrons. The SMILES string of the molecule is COC(=O)CCn1c2c(c3cc(OCc4ccccn4)ccc31)CC([N+](Cc1ccccn1)(c1ccc(F)cc1)S(=O)O)CC2. The van der Waals surface area contributed by atoms with Gasteiger partial charge in [-0.2, -0.15) is 8.10 Å². The predicted molar refractivity (Wildman–Crippen MR) is 170 cm³/mol. The molecule has 0 fully saturated rings. The minimum Gasteiger partial charge on any atom is -0.487 e. The molecule has 3 heterocycles. The van der Waals surface area contributed by atoms with Crippen LogP contribution in [0.3, 0.4) is 0 Å². The second-order valence-corrected chi connectivity index (χ2v) is 12.2. The monoisotopic (exact) mass is 629 g/mol. The van der Waals surface area contributed by atoms with Crippen molar-refractivity contribution in [2.75, 3.05) is 7.11 Å². The van der Waals surface area contributed by atoms with Crippen molar-refractivity contribution in [3.05, 3.63) is 120 Å². The van der Waals surface area contributed by atoms with E-state index in [4.69, 9.17) is 9.47 Å². The maximum atomic E-state index is 14.1. The predicted octanol–water partition coefficient (Wildman–Crippen LogP) is 5.91. The molecule has 3 aromatic heterocycles. The van der Waals surface area contributed by atoms with Gasteiger partial charge in [-0.05, 0) is 66.6 Å². The van der Waals surface area contributed by atoms with E-state index in [9.17, 15) is 17.9 Å². The summed E-state index contributed by atoms with van der Waals surface area (Å²) >= 11 is -2.39. The van der Waals surface area contributed by atoms with Gasteiger partial charge in [0.05, 0.1) is 24.9 Å². The summed E-state index contributed by atoms with van der Waals surface area (Å²) < 4.78 is 51.6. The fraction of sp³-hybridized carbons (Fsp3) is 0.265. The van der Waals surface area contributed by atoms with Gasteiger partial charge < -0.3 is 14.0 Å². The number of fused-ring (bicyclic) bond motifs is 3. The third kappa shape index (κ3) is 6.24. The summed E-state index contributed by atoms with van der Waals surface area (Å²) in [5, 5.41) is 0.955. The largest absolute Gasteiger partial charge is 0.487 e. The van der Waals surface area contributed by atoms with Gasteiger partial charge in [-0.3, -0.25) is 19.3 Å². The molecular weight excluding hydrogens is 595 g/mol. The van der Waals surface area contributed by atoms with E-state index in [1.54, 1.807) is 30.6 Å². The van der Waals surface area contributed by atoms with Gasteiger partial charge in [0.15, 0.2) is 0 Å². The molecule has 0 spiro atoms. The molecule has 5 aromatic rings. The second-order valence-electron chi connectivity index (χ2n) is 11.1. The number of methoxy groups -OCH3 is 1. The number of nitrogens with zero attached hydrogens (tertiary/aromatic N) is 4. The van der Waals surface area contributed by atoms with Crippen molar-refractivity contribution < 1.29 is 27.4 Å². The van der Waals surface area contributed by atoms with E-state index in [0.29, 0.717) is 49.5 Å². The molecule has 2 aromatic carbocycles. The zero-order chi connectivity index (χ0) is 31.4. The van der Waals surface area contributed by atoms with E-state index >= 15 is 0 Å². The molecule has 6 rings (SSSR count). The molecule has 1 aliphatic rings. The van der Waals surface area contributed by atoms with Gasteiger partial charge in [-0.25, -0.2) is 4.39 Å². The van der Waals surface area contributed by atoms with Gasteiger partial charge in [0.25, 0.3) is 0 Å². The van der Waals surface area contributed by atoms with Gasteiger partial charge >= 0.3 is 17.2 Å². The summed E-state index contributed by atoms with van der Waals surface area (Å²) in [7, 11) is 1.38. The fourth-order valence-corrected chi connectivity index (χ4v) is 7.37. The highest BCUT2D eigenvalue weighted by molar-refractivity contribution is 7.78. The highest BCUT2D eigenvalue weighted by atomic mass is 32.2. The summed E-state index contributed by atoms with van der Waals surface area (Å²) in [5.74, 6) is -0.0504. The van der Waals surface area contributed by atoms with Gasteiger partial charge in [0.1, 0.15) is 36.4 Å². The van der Waals surface area contributed by atoms with Gasteiger partial charge in [-0.1, -0.05) is 12.1 Å². The van der Waals surface area contributed by atoms with Crippen LogP contribution in [0.15, 0.2) is 91.3 Å². The van der Waals surface area contributed by atoms with E-state index in [2.05, 4.69) is 14.5 Å². The zero-order valence-electron chi connectivity index (χ0n) is 24.8. The summed E-state index contributed by atoms with van der Waals surface area (Å²) in [5.41, 5.74) is 5.04. The minimum atomic E-state index is -2.39. The van der Waals surface area contributed by atoms with Crippen molar-refractivity contribution >= 4 is 33.8 Å². The first-order chi connectivity index (χ1) is 21.9. The molecule has 45 heavy (non-hydrogen) atoms. The lowest BCUT2D eigenvalue weighted by molar-refractivity contribution is -0.140. The maximum absolute atomic E-state index is 14.1. The Balaban J connectivity index is 1.43. The van der Waals surface area contributed by atoms with Crippen LogP contribution >= 0.6 is 0 Å². The number of carbonyl (C=O) groups excluding carboxylic acids is 1. The summed E-state index contributed by atoms with van der Waals surface area (Å²) in [4.78, 5) is 21.0. The number of benzene rings is 2. The highest BCUT2D eigenvalue weighted by Gasteiger charge is 2.48. The Morgan fingerprint density at radius 2 is 1.78 bits per heavy atom. The second kappa shape index (κ2) is 13.3. The van der Waals surface area contributed by atoms with Crippen LogP contribution in [0.4, 0.5) is 10.1 Å². The van der Waals surface area contributed by atoms with Crippen molar-refractivity contribution in [2.45, 2.75) is 51.4 Å². The van der Waals surface area contributed by atoms with Crippen molar-refractivity contribution in [1.29, 1.82) is 0 Å². The average Bonchev–Trinajstić information content (AvgIpc) is 3.38. The minimum absolute atomic E-state index is 0.148. The number of hydrogen-bond acceptors (Lipinski definition) is 6. The van der Waals surface area contributed by atoms with Crippen molar-refractivity contribution in [1.82, 2.24) is 18.4 Å². The molecule has 9 nitrogen and oxygen atoms in total. The molecule has 0 saturated carbocycles. The molecule has 0 radical (unpaired) electrons. The van der Waals surface area contributed by atoms with Crippen LogP contribution < -0.4 is 8.63 Å². The third-order valence-electron chi connectivity index (χ3n) is 8.55. The molecule has 1 N–H and O–H groups in total. The van der Waals surface area contributed by atoms with E-state index in [-0.39, 0.29) is 28.9 Å². The van der Waals surface area contributed by atoms with Crippen molar-refractivity contribution in [3.8, 4) is 5.75 Å².